The number of rotatable bonds is 10. The highest BCUT2D eigenvalue weighted by atomic mass is 16.5. The second-order valence-corrected chi connectivity index (χ2v) is 7.09. The fraction of sp³-hybridized carbons (Fsp3) is 0.360. The molecule has 0 saturated carbocycles. The molecule has 0 aromatic heterocycles. The number of carbonyl (C=O) groups excluding carboxylic acids is 2. The van der Waals surface area contributed by atoms with Crippen molar-refractivity contribution in [3.8, 4) is 0 Å². The third kappa shape index (κ3) is 6.90. The SMILES string of the molecule is CCCC=C(CCC)[C@@H](NC(=O)Cc1ccccc1)c1ccc(C(=O)OC)cc1. The first-order valence-corrected chi connectivity index (χ1v) is 10.3. The molecule has 0 bridgehead atoms. The zero-order chi connectivity index (χ0) is 21.1. The van der Waals surface area contributed by atoms with Gasteiger partial charge in [0.15, 0.2) is 0 Å². The lowest BCUT2D eigenvalue weighted by molar-refractivity contribution is -0.121. The number of nitrogens with one attached hydrogen (secondary N) is 1. The van der Waals surface area contributed by atoms with Crippen molar-refractivity contribution in [2.45, 2.75) is 52.0 Å². The molecule has 1 atom stereocenters. The average Bonchev–Trinajstić information content (AvgIpc) is 2.75. The van der Waals surface area contributed by atoms with Gasteiger partial charge in [0.1, 0.15) is 0 Å². The molecule has 1 amide bonds. The van der Waals surface area contributed by atoms with Crippen LogP contribution in [0.25, 0.3) is 0 Å². The molecular weight excluding hydrogens is 362 g/mol. The molecule has 0 radical (unpaired) electrons. The van der Waals surface area contributed by atoms with E-state index in [9.17, 15) is 9.59 Å². The molecule has 0 aliphatic heterocycles. The zero-order valence-corrected chi connectivity index (χ0v) is 17.6. The maximum atomic E-state index is 12.8. The minimum Gasteiger partial charge on any atom is -0.465 e. The monoisotopic (exact) mass is 393 g/mol. The predicted molar refractivity (Wildman–Crippen MR) is 117 cm³/mol. The summed E-state index contributed by atoms with van der Waals surface area (Å²) in [7, 11) is 1.37. The molecule has 0 spiro atoms. The number of carbonyl (C=O) groups is 2. The number of esters is 1. The van der Waals surface area contributed by atoms with Gasteiger partial charge in [-0.25, -0.2) is 4.79 Å². The summed E-state index contributed by atoms with van der Waals surface area (Å²) in [5.41, 5.74) is 3.66. The van der Waals surface area contributed by atoms with Gasteiger partial charge in [-0.1, -0.05) is 75.2 Å². The quantitative estimate of drug-likeness (QED) is 0.434. The van der Waals surface area contributed by atoms with E-state index in [1.807, 2.05) is 42.5 Å². The van der Waals surface area contributed by atoms with Crippen LogP contribution in [-0.2, 0) is 16.0 Å². The Morgan fingerprint density at radius 1 is 1.00 bits per heavy atom. The van der Waals surface area contributed by atoms with Crippen LogP contribution >= 0.6 is 0 Å². The standard InChI is InChI=1S/C25H31NO3/c1-4-6-13-20(10-5-2)24(21-14-16-22(17-15-21)25(28)29-3)26-23(27)18-19-11-8-7-9-12-19/h7-9,11-17,24H,4-6,10,18H2,1-3H3,(H,26,27)/t24-/m1/s1. The number of amides is 1. The number of benzene rings is 2. The highest BCUT2D eigenvalue weighted by Gasteiger charge is 2.19. The third-order valence-corrected chi connectivity index (χ3v) is 4.78. The smallest absolute Gasteiger partial charge is 0.337 e. The molecule has 0 saturated heterocycles. The molecule has 2 rings (SSSR count). The van der Waals surface area contributed by atoms with Crippen molar-refractivity contribution in [3.63, 3.8) is 0 Å². The van der Waals surface area contributed by atoms with Gasteiger partial charge >= 0.3 is 5.97 Å². The van der Waals surface area contributed by atoms with E-state index < -0.39 is 0 Å². The van der Waals surface area contributed by atoms with Gasteiger partial charge in [0.05, 0.1) is 25.1 Å². The number of allylic oxidation sites excluding steroid dienone is 1. The first-order chi connectivity index (χ1) is 14.1. The van der Waals surface area contributed by atoms with Gasteiger partial charge in [0, 0.05) is 0 Å². The molecule has 29 heavy (non-hydrogen) atoms. The molecule has 4 heteroatoms. The predicted octanol–water partition coefficient (Wildman–Crippen LogP) is 5.40. The number of ether oxygens (including phenoxy) is 1. The molecule has 0 unspecified atom stereocenters. The maximum absolute atomic E-state index is 12.8. The van der Waals surface area contributed by atoms with Gasteiger partial charge in [-0.3, -0.25) is 4.79 Å². The van der Waals surface area contributed by atoms with Gasteiger partial charge in [0.25, 0.3) is 0 Å². The van der Waals surface area contributed by atoms with Crippen molar-refractivity contribution in [3.05, 3.63) is 82.9 Å². The van der Waals surface area contributed by atoms with Crippen molar-refractivity contribution in [2.24, 2.45) is 0 Å². The Kier molecular flexibility index (Phi) is 9.16. The molecule has 1 N–H and O–H groups in total. The van der Waals surface area contributed by atoms with E-state index in [2.05, 4.69) is 25.2 Å². The van der Waals surface area contributed by atoms with E-state index in [4.69, 9.17) is 4.74 Å². The topological polar surface area (TPSA) is 55.4 Å². The van der Waals surface area contributed by atoms with E-state index >= 15 is 0 Å². The van der Waals surface area contributed by atoms with Crippen molar-refractivity contribution in [1.82, 2.24) is 5.32 Å². The Labute approximate surface area is 174 Å². The summed E-state index contributed by atoms with van der Waals surface area (Å²) < 4.78 is 4.79. The molecular formula is C25H31NO3. The molecule has 0 heterocycles. The fourth-order valence-electron chi connectivity index (χ4n) is 3.30. The van der Waals surface area contributed by atoms with Crippen LogP contribution < -0.4 is 5.32 Å². The fourth-order valence-corrected chi connectivity index (χ4v) is 3.30. The van der Waals surface area contributed by atoms with Crippen molar-refractivity contribution in [2.75, 3.05) is 7.11 Å². The van der Waals surface area contributed by atoms with Crippen molar-refractivity contribution >= 4 is 11.9 Å². The molecule has 0 fully saturated rings. The molecule has 0 aliphatic carbocycles. The molecule has 0 aliphatic rings. The lowest BCUT2D eigenvalue weighted by Gasteiger charge is -2.23. The maximum Gasteiger partial charge on any atom is 0.337 e. The molecule has 2 aromatic carbocycles. The Balaban J connectivity index is 2.29. The Morgan fingerprint density at radius 3 is 2.28 bits per heavy atom. The summed E-state index contributed by atoms with van der Waals surface area (Å²) in [5.74, 6) is -0.381. The van der Waals surface area contributed by atoms with E-state index in [1.165, 1.54) is 12.7 Å². The summed E-state index contributed by atoms with van der Waals surface area (Å²) in [6, 6.07) is 16.8. The summed E-state index contributed by atoms with van der Waals surface area (Å²) in [6.45, 7) is 4.29. The summed E-state index contributed by atoms with van der Waals surface area (Å²) >= 11 is 0. The first kappa shape index (κ1) is 22.4. The lowest BCUT2D eigenvalue weighted by atomic mass is 9.93. The first-order valence-electron chi connectivity index (χ1n) is 10.3. The van der Waals surface area contributed by atoms with Crippen molar-refractivity contribution < 1.29 is 14.3 Å². The van der Waals surface area contributed by atoms with E-state index in [0.717, 1.165) is 36.8 Å². The largest absolute Gasteiger partial charge is 0.465 e. The second kappa shape index (κ2) is 11.8. The van der Waals surface area contributed by atoms with Crippen LogP contribution in [0.15, 0.2) is 66.2 Å². The zero-order valence-electron chi connectivity index (χ0n) is 17.6. The summed E-state index contributed by atoms with van der Waals surface area (Å²) in [6.07, 6.45) is 6.52. The van der Waals surface area contributed by atoms with Gasteiger partial charge in [-0.2, -0.15) is 0 Å². The van der Waals surface area contributed by atoms with E-state index in [0.29, 0.717) is 12.0 Å². The van der Waals surface area contributed by atoms with Crippen LogP contribution in [-0.4, -0.2) is 19.0 Å². The van der Waals surface area contributed by atoms with Crippen LogP contribution in [0.5, 0.6) is 0 Å². The summed E-state index contributed by atoms with van der Waals surface area (Å²) in [5, 5.41) is 3.21. The summed E-state index contributed by atoms with van der Waals surface area (Å²) in [4.78, 5) is 24.5. The van der Waals surface area contributed by atoms with E-state index in [1.54, 1.807) is 12.1 Å². The Bertz CT molecular complexity index is 810. The molecule has 4 nitrogen and oxygen atoms in total. The molecule has 2 aromatic rings. The van der Waals surface area contributed by atoms with Crippen LogP contribution in [0.4, 0.5) is 0 Å². The van der Waals surface area contributed by atoms with Gasteiger partial charge in [-0.05, 0) is 41.7 Å². The minimum atomic E-state index is -0.364. The average molecular weight is 394 g/mol. The normalized spacial score (nSPS) is 12.3. The highest BCUT2D eigenvalue weighted by molar-refractivity contribution is 5.89. The van der Waals surface area contributed by atoms with E-state index in [-0.39, 0.29) is 17.9 Å². The number of methoxy groups -OCH3 is 1. The van der Waals surface area contributed by atoms with Crippen LogP contribution in [0, 0.1) is 0 Å². The van der Waals surface area contributed by atoms with Crippen LogP contribution in [0.2, 0.25) is 0 Å². The molecule has 154 valence electrons. The lowest BCUT2D eigenvalue weighted by Crippen LogP contribution is -2.31. The second-order valence-electron chi connectivity index (χ2n) is 7.09. The van der Waals surface area contributed by atoms with Gasteiger partial charge in [0.2, 0.25) is 5.91 Å². The highest BCUT2D eigenvalue weighted by Crippen LogP contribution is 2.27. The van der Waals surface area contributed by atoms with Gasteiger partial charge < -0.3 is 10.1 Å². The third-order valence-electron chi connectivity index (χ3n) is 4.78. The minimum absolute atomic E-state index is 0.0169. The number of unbranched alkanes of at least 4 members (excludes halogenated alkanes) is 1. The van der Waals surface area contributed by atoms with Crippen LogP contribution in [0.3, 0.4) is 0 Å². The number of hydrogen-bond acceptors (Lipinski definition) is 3. The van der Waals surface area contributed by atoms with Crippen molar-refractivity contribution in [1.29, 1.82) is 0 Å². The van der Waals surface area contributed by atoms with Gasteiger partial charge in [-0.15, -0.1) is 0 Å². The Morgan fingerprint density at radius 2 is 1.69 bits per heavy atom. The van der Waals surface area contributed by atoms with Crippen LogP contribution in [0.1, 0.15) is 67.1 Å². The number of hydrogen-bond donors (Lipinski definition) is 1. The Hall–Kier alpha value is -2.88.